The number of nitrogens with zero attached hydrogens (tertiary/aromatic N) is 2. The van der Waals surface area contributed by atoms with E-state index in [1.165, 1.54) is 31.4 Å². The summed E-state index contributed by atoms with van der Waals surface area (Å²) in [4.78, 5) is 220. The number of ether oxygens (including phenoxy) is 3. The summed E-state index contributed by atoms with van der Waals surface area (Å²) in [6.45, 7) is 25.5. The van der Waals surface area contributed by atoms with E-state index in [1.54, 1.807) is 255 Å². The molecule has 43 heteroatoms. The van der Waals surface area contributed by atoms with Crippen LogP contribution in [0.25, 0.3) is 0 Å². The number of ketones is 6. The lowest BCUT2D eigenvalue weighted by Gasteiger charge is -2.23. The van der Waals surface area contributed by atoms with Gasteiger partial charge in [-0.15, -0.1) is 5.06 Å². The highest BCUT2D eigenvalue weighted by Gasteiger charge is 2.37. The van der Waals surface area contributed by atoms with Gasteiger partial charge in [-0.05, 0) is 193 Å². The van der Waals surface area contributed by atoms with Gasteiger partial charge in [-0.2, -0.15) is 70.6 Å². The lowest BCUT2D eigenvalue weighted by Crippen LogP contribution is -2.49. The van der Waals surface area contributed by atoms with E-state index < -0.39 is 101 Å². The zero-order valence-corrected chi connectivity index (χ0v) is 94.7. The predicted molar refractivity (Wildman–Crippen MR) is 599 cm³/mol. The first-order chi connectivity index (χ1) is 70.1. The molecule has 0 saturated carbocycles. The first-order valence-electron chi connectivity index (χ1n) is 47.8. The van der Waals surface area contributed by atoms with E-state index in [0.717, 1.165) is 17.3 Å². The van der Waals surface area contributed by atoms with Crippen molar-refractivity contribution in [3.63, 3.8) is 0 Å². The number of thioether (sulfide) groups is 6. The van der Waals surface area contributed by atoms with E-state index in [4.69, 9.17) is 36.2 Å². The third kappa shape index (κ3) is 65.8. The normalized spacial score (nSPS) is 12.4. The van der Waals surface area contributed by atoms with E-state index >= 15 is 0 Å². The van der Waals surface area contributed by atoms with Crippen LogP contribution >= 0.6 is 86.5 Å². The van der Waals surface area contributed by atoms with Crippen LogP contribution in [-0.4, -0.2) is 306 Å². The maximum absolute atomic E-state index is 12.3. The molecule has 0 aromatic heterocycles. The Morgan fingerprint density at radius 1 is 0.338 bits per heavy atom. The molecule has 0 spiro atoms. The SMILES string of the molecule is CCN(CC)CC.CSCCC(N)C(=O)NCC(=O)c1ccccc1.CSCCC(N)C(=O)NCC(=O)c1ccccc1.CSCCC(NC(=O)CBr)C(=O)NCC(=O)c1ccccc1.CSCCC(NC(=O)OC(C)(C)C)C(=O)NCC(=O)c1ccccc1.CSCCC(NC(=O)OC(C)(C)C)C(=O)NCC(=O)c1ccccc1.CSCCC(NC(=O)OC(C)(C)C)C(=O)ON1C(=O)CCC1=O.NCC(=O)c1ccccc1. The second kappa shape index (κ2) is 80.0. The van der Waals surface area contributed by atoms with Gasteiger partial charge in [0.1, 0.15) is 41.0 Å². The van der Waals surface area contributed by atoms with Gasteiger partial charge in [-0.25, -0.2) is 19.2 Å². The zero-order valence-electron chi connectivity index (χ0n) is 88.2. The number of amides is 11. The van der Waals surface area contributed by atoms with Crippen molar-refractivity contribution < 1.29 is 105 Å². The zero-order chi connectivity index (χ0) is 112. The largest absolute Gasteiger partial charge is 0.444 e. The number of hydroxylamine groups is 2. The lowest BCUT2D eigenvalue weighted by atomic mass is 10.1. The third-order valence-corrected chi connectivity index (χ3v) is 23.9. The van der Waals surface area contributed by atoms with Gasteiger partial charge in [0.05, 0.1) is 56.7 Å². The lowest BCUT2D eigenvalue weighted by molar-refractivity contribution is -0.198. The van der Waals surface area contributed by atoms with E-state index in [-0.39, 0.29) is 122 Å². The van der Waals surface area contributed by atoms with Crippen molar-refractivity contribution in [2.75, 3.05) is 136 Å². The minimum Gasteiger partial charge on any atom is -0.444 e. The van der Waals surface area contributed by atoms with Crippen molar-refractivity contribution in [3.05, 3.63) is 215 Å². The summed E-state index contributed by atoms with van der Waals surface area (Å²) in [5.74, 6) is -0.314. The minimum atomic E-state index is -1.00. The predicted octanol–water partition coefficient (Wildman–Crippen LogP) is 12.4. The Labute approximate surface area is 905 Å². The molecule has 6 aromatic rings. The average molecular weight is 2240 g/mol. The fourth-order valence-electron chi connectivity index (χ4n) is 11.7. The number of imide groups is 1. The Morgan fingerprint density at radius 2 is 0.554 bits per heavy atom. The maximum Gasteiger partial charge on any atom is 0.408 e. The number of alkyl halides is 1. The molecule has 1 aliphatic rings. The number of hydrogen-bond donors (Lipinski definition) is 12. The van der Waals surface area contributed by atoms with Crippen molar-refractivity contribution in [3.8, 4) is 0 Å². The number of hydrogen-bond acceptors (Lipinski definition) is 32. The molecule has 7 rings (SSSR count). The molecular formula is C105H153BrN14O22S6. The Morgan fingerprint density at radius 3 is 0.770 bits per heavy atom. The number of Topliss-reactive ketones (excluding diaryl/α,β-unsaturated/α-hetero) is 6. The molecule has 1 saturated heterocycles. The molecule has 15 N–H and O–H groups in total. The molecule has 1 aliphatic heterocycles. The van der Waals surface area contributed by atoms with E-state index in [1.807, 2.05) is 86.1 Å². The number of carbonyl (C=O) groups excluding carboxylic acids is 18. The summed E-state index contributed by atoms with van der Waals surface area (Å²) in [6, 6.07) is 48.8. The molecule has 148 heavy (non-hydrogen) atoms. The number of rotatable bonds is 50. The summed E-state index contributed by atoms with van der Waals surface area (Å²) in [5.41, 5.74) is 18.0. The molecule has 0 aliphatic carbocycles. The van der Waals surface area contributed by atoms with Gasteiger partial charge in [-0.1, -0.05) is 219 Å². The first-order valence-corrected chi connectivity index (χ1v) is 57.3. The maximum atomic E-state index is 12.3. The minimum absolute atomic E-state index is 0.00415. The van der Waals surface area contributed by atoms with Gasteiger partial charge in [0, 0.05) is 46.2 Å². The standard InChI is InChI=1S/2C18H26N2O4S.C15H19BrN2O3S.C14H22N2O6S.2C13H18N2O2S.C8H9NO.C6H15N/c2*1-18(2,3)24-17(23)20-14(10-11-25-4)16(22)19-12-15(21)13-8-6-5-7-9-13;1-22-8-7-12(18-14(20)9-16)15(21)17-10-13(19)11-5-3-2-4-6-11;1-14(2,3)21-13(20)15-9(7-8-23-4)12(19)22-16-10(17)5-6-11(16)18;2*1-18-8-7-11(14)13(17)15-9-12(16)10-5-3-2-4-6-10;9-6-8(10)7-4-2-1-3-5-7;1-4-7(5-2)6-3/h2*5-9,14H,10-12H2,1-4H3,(H,19,22)(H,20,23);2-6,12H,7-10H2,1H3,(H,17,21)(H,18,20);9H,5-8H2,1-4H3,(H,15,20);2*2-6,11H,7-9,14H2,1H3,(H,15,17);1-5H,6,9H2;4-6H2,1-3H3. The molecule has 6 aromatic carbocycles. The molecule has 1 heterocycles. The molecule has 0 radical (unpaired) electrons. The van der Waals surface area contributed by atoms with Crippen LogP contribution in [0.2, 0.25) is 0 Å². The van der Waals surface area contributed by atoms with Crippen LogP contribution < -0.4 is 65.1 Å². The van der Waals surface area contributed by atoms with Gasteiger partial charge in [-0.3, -0.25) is 67.1 Å². The molecule has 818 valence electrons. The van der Waals surface area contributed by atoms with Gasteiger partial charge >= 0.3 is 24.2 Å². The van der Waals surface area contributed by atoms with Crippen LogP contribution in [0.5, 0.6) is 0 Å². The monoisotopic (exact) mass is 2230 g/mol. The highest BCUT2D eigenvalue weighted by molar-refractivity contribution is 9.09. The van der Waals surface area contributed by atoms with Crippen LogP contribution in [0.4, 0.5) is 14.4 Å². The fourth-order valence-corrected chi connectivity index (χ4v) is 14.7. The van der Waals surface area contributed by atoms with Crippen molar-refractivity contribution in [2.24, 2.45) is 17.2 Å². The second-order valence-corrected chi connectivity index (χ2v) is 41.4. The van der Waals surface area contributed by atoms with Crippen molar-refractivity contribution in [1.82, 2.24) is 57.8 Å². The van der Waals surface area contributed by atoms with Gasteiger partial charge in [0.25, 0.3) is 11.8 Å². The second-order valence-electron chi connectivity index (χ2n) is 34.9. The number of carbonyl (C=O) groups is 18. The first kappa shape index (κ1) is 137. The average Bonchev–Trinajstić information content (AvgIpc) is 1.71. The summed E-state index contributed by atoms with van der Waals surface area (Å²) in [6.07, 6.45) is 12.4. The third-order valence-electron chi connectivity index (χ3n) is 19.6. The number of alkyl carbamates (subject to hydrolysis) is 3. The summed E-state index contributed by atoms with van der Waals surface area (Å²) in [7, 11) is 0. The van der Waals surface area contributed by atoms with Crippen LogP contribution in [0.3, 0.4) is 0 Å². The topological polar surface area (TPSA) is 537 Å². The van der Waals surface area contributed by atoms with E-state index in [2.05, 4.69) is 89.5 Å². The van der Waals surface area contributed by atoms with Gasteiger partial charge in [0.15, 0.2) is 34.7 Å². The van der Waals surface area contributed by atoms with Crippen LogP contribution in [0.15, 0.2) is 182 Å². The van der Waals surface area contributed by atoms with Gasteiger partial charge < -0.3 is 89.0 Å². The van der Waals surface area contributed by atoms with Crippen LogP contribution in [-0.2, 0) is 62.2 Å². The molecule has 6 unspecified atom stereocenters. The summed E-state index contributed by atoms with van der Waals surface area (Å²) < 4.78 is 15.5. The van der Waals surface area contributed by atoms with E-state index in [9.17, 15) is 86.3 Å². The number of nitrogens with one attached hydrogen (secondary N) is 9. The fraction of sp³-hybridized carbons (Fsp3) is 0.486. The summed E-state index contributed by atoms with van der Waals surface area (Å²) >= 11 is 12.6. The van der Waals surface area contributed by atoms with Crippen molar-refractivity contribution >= 4 is 193 Å². The Hall–Kier alpha value is -11.0. The van der Waals surface area contributed by atoms with Gasteiger partial charge in [0.2, 0.25) is 35.4 Å². The van der Waals surface area contributed by atoms with E-state index in [0.29, 0.717) is 87.8 Å². The Balaban J connectivity index is 0.00000170. The molecule has 0 bridgehead atoms. The number of halogens is 1. The molecule has 6 atom stereocenters. The summed E-state index contributed by atoms with van der Waals surface area (Å²) in [5, 5.41) is 23.7. The number of benzene rings is 6. The van der Waals surface area contributed by atoms with Crippen molar-refractivity contribution in [1.29, 1.82) is 0 Å². The highest BCUT2D eigenvalue weighted by Crippen LogP contribution is 2.18. The Kier molecular flexibility index (Phi) is 74.1. The molecule has 11 amide bonds. The van der Waals surface area contributed by atoms with Crippen LogP contribution in [0.1, 0.15) is 197 Å². The van der Waals surface area contributed by atoms with Crippen molar-refractivity contribution in [2.45, 2.75) is 188 Å². The molecule has 36 nitrogen and oxygen atoms in total. The van der Waals surface area contributed by atoms with Crippen LogP contribution in [0, 0.1) is 0 Å². The Bertz CT molecular complexity index is 4760. The molecule has 1 fully saturated rings. The number of nitrogens with two attached hydrogens (primary N) is 3. The highest BCUT2D eigenvalue weighted by atomic mass is 79.9. The quantitative estimate of drug-likeness (QED) is 0.00730. The smallest absolute Gasteiger partial charge is 0.408 e. The molecular weight excluding hydrogens is 2080 g/mol.